The first-order valence-electron chi connectivity index (χ1n) is 48.2. The van der Waals surface area contributed by atoms with Crippen LogP contribution in [-0.2, 0) is 0 Å². The van der Waals surface area contributed by atoms with Crippen molar-refractivity contribution in [1.82, 2.24) is 38.2 Å². The molecule has 26 aromatic rings. The van der Waals surface area contributed by atoms with Gasteiger partial charge in [0.25, 0.3) is 0 Å². The van der Waals surface area contributed by atoms with Gasteiger partial charge in [0, 0.05) is 62.4 Å². The molecule has 2 atom stereocenters. The maximum atomic E-state index is 5.72. The lowest BCUT2D eigenvalue weighted by Crippen LogP contribution is -2.40. The predicted octanol–water partition coefficient (Wildman–Crippen LogP) is 31.7. The lowest BCUT2D eigenvalue weighted by atomic mass is 9.68. The van der Waals surface area contributed by atoms with Gasteiger partial charge < -0.3 is 0 Å². The van der Waals surface area contributed by atoms with Crippen LogP contribution in [0, 0.1) is 11.8 Å². The Morgan fingerprint density at radius 1 is 0.171 bits per heavy atom. The van der Waals surface area contributed by atoms with Gasteiger partial charge in [-0.15, -0.1) is 0 Å². The molecule has 0 bridgehead atoms. The van der Waals surface area contributed by atoms with E-state index >= 15 is 0 Å². The molecule has 8 nitrogen and oxygen atoms in total. The van der Waals surface area contributed by atoms with E-state index in [1.165, 1.54) is 125 Å². The monoisotopic (exact) mass is 1780 g/mol. The highest BCUT2D eigenvalue weighted by molar-refractivity contribution is 6.30. The first-order chi connectivity index (χ1) is 69.5. The zero-order valence-corrected chi connectivity index (χ0v) is 76.1. The summed E-state index contributed by atoms with van der Waals surface area (Å²) in [4.78, 5) is 21.8. The van der Waals surface area contributed by atoms with Crippen LogP contribution in [-0.4, -0.2) is 38.2 Å². The number of aromatic nitrogens is 8. The molecule has 0 N–H and O–H groups in total. The molecule has 8 heteroatoms. The Balaban J connectivity index is 0.529. The minimum absolute atomic E-state index is 0.0313. The number of hydrogen-bond donors (Lipinski definition) is 0. The summed E-state index contributed by atoms with van der Waals surface area (Å²) >= 11 is 0. The number of allylic oxidation sites excluding steroid dienone is 4. The maximum Gasteiger partial charge on any atom is 0.145 e. The van der Waals surface area contributed by atoms with E-state index in [-0.39, 0.29) is 11.8 Å². The third-order valence-electron chi connectivity index (χ3n) is 29.2. The highest BCUT2D eigenvalue weighted by Crippen LogP contribution is 2.53. The molecule has 0 saturated heterocycles. The number of benzene rings is 22. The molecule has 2 aliphatic rings. The molecule has 0 fully saturated rings. The molecule has 652 valence electrons. The normalized spacial score (nSPS) is 13.6. The summed E-state index contributed by atoms with van der Waals surface area (Å²) in [6, 6.07) is 173. The summed E-state index contributed by atoms with van der Waals surface area (Å²) < 4.78 is 9.24. The summed E-state index contributed by atoms with van der Waals surface area (Å²) in [6.07, 6.45) is 9.40. The first kappa shape index (κ1) is 80.0. The second-order valence-electron chi connectivity index (χ2n) is 36.8. The average Bonchev–Trinajstić information content (AvgIpc) is 0.991. The molecule has 140 heavy (non-hydrogen) atoms. The molecule has 2 aliphatic carbocycles. The van der Waals surface area contributed by atoms with E-state index < -0.39 is 0 Å². The Morgan fingerprint density at radius 3 is 0.871 bits per heavy atom. The van der Waals surface area contributed by atoms with E-state index in [4.69, 9.17) is 19.9 Å². The van der Waals surface area contributed by atoms with Gasteiger partial charge in [-0.1, -0.05) is 406 Å². The Hall–Kier alpha value is -18.5. The van der Waals surface area contributed by atoms with E-state index in [2.05, 4.69) is 516 Å². The van der Waals surface area contributed by atoms with Crippen molar-refractivity contribution in [2.24, 2.45) is 11.8 Å². The van der Waals surface area contributed by atoms with Crippen LogP contribution in [0.2, 0.25) is 0 Å². The Morgan fingerprint density at radius 2 is 0.450 bits per heavy atom. The summed E-state index contributed by atoms with van der Waals surface area (Å²) in [7, 11) is 0. The predicted molar refractivity (Wildman–Crippen MR) is 581 cm³/mol. The molecule has 2 unspecified atom stereocenters. The Kier molecular flexibility index (Phi) is 18.7. The number of imidazole rings is 4. The summed E-state index contributed by atoms with van der Waals surface area (Å²) in [5.41, 5.74) is 32.8. The average molecular weight is 1780 g/mol. The molecular formula is C132H84N8. The number of nitrogens with zero attached hydrogens (tertiary/aromatic N) is 8. The first-order valence-corrected chi connectivity index (χ1v) is 48.2. The van der Waals surface area contributed by atoms with E-state index in [0.29, 0.717) is 0 Å². The van der Waals surface area contributed by atoms with E-state index in [9.17, 15) is 0 Å². The fraction of sp³-hybridized carbons (Fsp3) is 0.0152. The van der Waals surface area contributed by atoms with Crippen LogP contribution >= 0.6 is 0 Å². The van der Waals surface area contributed by atoms with Crippen LogP contribution in [0.1, 0.15) is 11.1 Å². The Labute approximate surface area is 807 Å². The van der Waals surface area contributed by atoms with Crippen molar-refractivity contribution in [2.75, 3.05) is 0 Å². The standard InChI is InChI=1S/C132H84N8/c1-5-34-87(35-6-1)129-133-114-60-30-32-62-117(114)139(129)94-77-72-85(73-78-94)122-101-46-17-25-54-109(101)126(110-55-26-18-47-102(110)122)127-111-56-27-19-48-103(111)123(104-49-20-28-57-112(104)127)86-74-79-95(80-75-86)140-119-63-33-58-96(128(119)136-132(140)88-36-7-2-8-37-88)91-76-81-118-115(82-91)135-131(138(118)93-40-11-4-12-41-93)90-70-66-84(67-71-90)121-99-44-15-23-52-107(99)125(108-53-24-16-45-100(108)121)124-105-50-21-13-42-97(105)120(98-43-14-22-51-106(98)124)83-64-68-89(69-65-83)130-134-113-59-29-31-61-116(113)137(130)92-38-9-3-10-39-92/h1-82,99,107H. The third-order valence-corrected chi connectivity index (χ3v) is 29.2. The van der Waals surface area contributed by atoms with Gasteiger partial charge in [-0.25, -0.2) is 19.9 Å². The number of para-hydroxylation sites is 7. The zero-order chi connectivity index (χ0) is 92.0. The molecule has 0 radical (unpaired) electrons. The van der Waals surface area contributed by atoms with Crippen molar-refractivity contribution < 1.29 is 0 Å². The van der Waals surface area contributed by atoms with E-state index in [1.807, 2.05) is 0 Å². The van der Waals surface area contributed by atoms with Crippen LogP contribution in [0.15, 0.2) is 497 Å². The number of hydrogen-bond acceptors (Lipinski definition) is 4. The van der Waals surface area contributed by atoms with Gasteiger partial charge in [0.1, 0.15) is 23.3 Å². The topological polar surface area (TPSA) is 71.3 Å². The van der Waals surface area contributed by atoms with Crippen LogP contribution < -0.4 is 10.4 Å². The fourth-order valence-corrected chi connectivity index (χ4v) is 23.2. The van der Waals surface area contributed by atoms with Crippen LogP contribution in [0.3, 0.4) is 0 Å². The minimum Gasteiger partial charge on any atom is -0.292 e. The lowest BCUT2D eigenvalue weighted by molar-refractivity contribution is 0.687. The molecule has 0 amide bonds. The largest absolute Gasteiger partial charge is 0.292 e. The molecule has 0 spiro atoms. The molecule has 4 heterocycles. The van der Waals surface area contributed by atoms with Crippen LogP contribution in [0.25, 0.3) is 244 Å². The van der Waals surface area contributed by atoms with Crippen molar-refractivity contribution in [1.29, 1.82) is 0 Å². The quantitative estimate of drug-likeness (QED) is 0.0959. The van der Waals surface area contributed by atoms with Crippen molar-refractivity contribution in [2.45, 2.75) is 0 Å². The van der Waals surface area contributed by atoms with Crippen molar-refractivity contribution >= 4 is 120 Å². The molecule has 22 aromatic carbocycles. The Bertz CT molecular complexity index is 9600. The number of rotatable bonds is 15. The van der Waals surface area contributed by atoms with E-state index in [1.54, 1.807) is 0 Å². The summed E-state index contributed by atoms with van der Waals surface area (Å²) in [5, 5.41) is 16.9. The van der Waals surface area contributed by atoms with Crippen LogP contribution in [0.4, 0.5) is 0 Å². The summed E-state index contributed by atoms with van der Waals surface area (Å²) in [6.45, 7) is 0. The lowest BCUT2D eigenvalue weighted by Gasteiger charge is -2.34. The van der Waals surface area contributed by atoms with E-state index in [0.717, 1.165) is 140 Å². The van der Waals surface area contributed by atoms with Gasteiger partial charge >= 0.3 is 0 Å². The van der Waals surface area contributed by atoms with Crippen molar-refractivity contribution in [3.05, 3.63) is 519 Å². The van der Waals surface area contributed by atoms with Gasteiger partial charge in [-0.05, 0) is 238 Å². The van der Waals surface area contributed by atoms with Gasteiger partial charge in [-0.3, -0.25) is 18.3 Å². The fourth-order valence-electron chi connectivity index (χ4n) is 23.2. The molecule has 28 rings (SSSR count). The highest BCUT2D eigenvalue weighted by atomic mass is 15.1. The van der Waals surface area contributed by atoms with Gasteiger partial charge in [-0.2, -0.15) is 0 Å². The van der Waals surface area contributed by atoms with Crippen molar-refractivity contribution in [3.63, 3.8) is 0 Å². The minimum atomic E-state index is 0.0313. The second kappa shape index (κ2) is 32.7. The number of fused-ring (bicyclic) bond motifs is 12. The molecule has 4 aromatic heterocycles. The SMILES string of the molecule is C1=CC2C(c3ccc(-c4nc5cc(-c6cccc7c6nc(-c6ccccc6)n7-c6ccc(-c7c8ccccc8c(-c8c9ccccc9c(-c9ccc(-n%10c(-c%11ccccc%11)nc%11ccccc%11%10)cc9)c9ccccc89)c8ccccc78)cc6)ccc5n4-c4ccccc4)cc3)=c3ccccc3=C(c3c4ccccc4c(-c4ccc(-c5nc6ccccc6n5-c5ccccc5)cc4)c4ccccc34)C2C=C1. The summed E-state index contributed by atoms with van der Waals surface area (Å²) in [5.74, 6) is 3.62. The zero-order valence-electron chi connectivity index (χ0n) is 76.1. The van der Waals surface area contributed by atoms with Crippen LogP contribution in [0.5, 0.6) is 0 Å². The smallest absolute Gasteiger partial charge is 0.145 e. The highest BCUT2D eigenvalue weighted by Gasteiger charge is 2.35. The maximum absolute atomic E-state index is 5.72. The molecular weight excluding hydrogens is 1700 g/mol. The van der Waals surface area contributed by atoms with Crippen molar-refractivity contribution in [3.8, 4) is 124 Å². The molecule has 0 saturated carbocycles. The van der Waals surface area contributed by atoms with Gasteiger partial charge in [0.2, 0.25) is 0 Å². The van der Waals surface area contributed by atoms with Gasteiger partial charge in [0.05, 0.1) is 44.1 Å². The van der Waals surface area contributed by atoms with Gasteiger partial charge in [0.15, 0.2) is 0 Å². The molecule has 0 aliphatic heterocycles. The second-order valence-corrected chi connectivity index (χ2v) is 36.8. The third kappa shape index (κ3) is 12.8.